The van der Waals surface area contributed by atoms with Crippen LogP contribution in [0.4, 0.5) is 0 Å². The quantitative estimate of drug-likeness (QED) is 0.438. The van der Waals surface area contributed by atoms with E-state index in [4.69, 9.17) is 5.73 Å². The molecule has 1 aliphatic rings. The molecule has 0 amide bonds. The zero-order valence-electron chi connectivity index (χ0n) is 3.59. The Labute approximate surface area is 37.1 Å². The first kappa shape index (κ1) is 3.81. The van der Waals surface area contributed by atoms with Gasteiger partial charge in [0.15, 0.2) is 0 Å². The molecule has 1 saturated carbocycles. The van der Waals surface area contributed by atoms with Gasteiger partial charge in [-0.15, -0.1) is 0 Å². The van der Waals surface area contributed by atoms with Gasteiger partial charge in [0.05, 0.1) is 6.04 Å². The number of nitrogens with two attached hydrogens (primary N) is 1. The van der Waals surface area contributed by atoms with E-state index in [9.17, 15) is 0 Å². The van der Waals surface area contributed by atoms with Crippen molar-refractivity contribution in [3.63, 3.8) is 0 Å². The standard InChI is InChI=1S/C4H8N2/c1-6-4-2-3(4)5/h3-4H,1-2,5H2. The molecule has 1 rings (SSSR count). The van der Waals surface area contributed by atoms with Gasteiger partial charge >= 0.3 is 0 Å². The Balaban J connectivity index is 2.25. The van der Waals surface area contributed by atoms with Gasteiger partial charge in [-0.2, -0.15) is 0 Å². The summed E-state index contributed by atoms with van der Waals surface area (Å²) in [6.07, 6.45) is 1.05. The molecule has 1 fully saturated rings. The lowest BCUT2D eigenvalue weighted by Crippen LogP contribution is -2.02. The average molecular weight is 84.1 g/mol. The van der Waals surface area contributed by atoms with Gasteiger partial charge in [-0.3, -0.25) is 4.99 Å². The van der Waals surface area contributed by atoms with E-state index in [1.165, 1.54) is 0 Å². The van der Waals surface area contributed by atoms with Gasteiger partial charge in [0.2, 0.25) is 0 Å². The first-order valence-corrected chi connectivity index (χ1v) is 2.06. The molecule has 0 bridgehead atoms. The third kappa shape index (κ3) is 0.431. The third-order valence-electron chi connectivity index (χ3n) is 1.04. The smallest absolute Gasteiger partial charge is 0.0659 e. The van der Waals surface area contributed by atoms with Crippen molar-refractivity contribution in [2.75, 3.05) is 0 Å². The Bertz CT molecular complexity index is 69.9. The fraction of sp³-hybridized carbons (Fsp3) is 0.750. The molecule has 0 aromatic heterocycles. The van der Waals surface area contributed by atoms with E-state index in [2.05, 4.69) is 11.7 Å². The molecule has 34 valence electrons. The lowest BCUT2D eigenvalue weighted by Gasteiger charge is -1.74. The van der Waals surface area contributed by atoms with E-state index in [0.29, 0.717) is 12.1 Å². The van der Waals surface area contributed by atoms with E-state index < -0.39 is 0 Å². The van der Waals surface area contributed by atoms with Crippen LogP contribution in [0.1, 0.15) is 6.42 Å². The second-order valence-corrected chi connectivity index (χ2v) is 1.65. The van der Waals surface area contributed by atoms with Gasteiger partial charge in [-0.1, -0.05) is 0 Å². The molecule has 0 spiro atoms. The van der Waals surface area contributed by atoms with Crippen LogP contribution in [0, 0.1) is 0 Å². The molecule has 2 unspecified atom stereocenters. The minimum absolute atomic E-state index is 0.336. The van der Waals surface area contributed by atoms with Gasteiger partial charge in [0, 0.05) is 6.04 Å². The normalized spacial score (nSPS) is 42.2. The summed E-state index contributed by atoms with van der Waals surface area (Å²) in [7, 11) is 0. The van der Waals surface area contributed by atoms with E-state index >= 15 is 0 Å². The first-order valence-electron chi connectivity index (χ1n) is 2.06. The monoisotopic (exact) mass is 84.1 g/mol. The van der Waals surface area contributed by atoms with Gasteiger partial charge in [0.25, 0.3) is 0 Å². The average Bonchev–Trinajstić information content (AvgIpc) is 2.19. The third-order valence-corrected chi connectivity index (χ3v) is 1.04. The van der Waals surface area contributed by atoms with E-state index in [1.807, 2.05) is 0 Å². The molecule has 2 atom stereocenters. The summed E-state index contributed by atoms with van der Waals surface area (Å²) in [5.41, 5.74) is 5.34. The second kappa shape index (κ2) is 1.05. The van der Waals surface area contributed by atoms with Crippen molar-refractivity contribution in [1.29, 1.82) is 0 Å². The van der Waals surface area contributed by atoms with Gasteiger partial charge < -0.3 is 5.73 Å². The Morgan fingerprint density at radius 3 is 2.33 bits per heavy atom. The van der Waals surface area contributed by atoms with Crippen molar-refractivity contribution in [1.82, 2.24) is 0 Å². The lowest BCUT2D eigenvalue weighted by molar-refractivity contribution is 0.970. The van der Waals surface area contributed by atoms with Crippen LogP contribution in [0.2, 0.25) is 0 Å². The fourth-order valence-corrected chi connectivity index (χ4v) is 0.410. The van der Waals surface area contributed by atoms with Crippen molar-refractivity contribution in [2.45, 2.75) is 18.5 Å². The predicted molar refractivity (Wildman–Crippen MR) is 25.9 cm³/mol. The van der Waals surface area contributed by atoms with Gasteiger partial charge in [-0.25, -0.2) is 0 Å². The Kier molecular flexibility index (Phi) is 0.665. The van der Waals surface area contributed by atoms with Crippen molar-refractivity contribution in [3.05, 3.63) is 0 Å². The number of aliphatic imine (C=N–C) groups is 1. The van der Waals surface area contributed by atoms with E-state index in [0.717, 1.165) is 6.42 Å². The minimum atomic E-state index is 0.336. The maximum atomic E-state index is 5.34. The molecular weight excluding hydrogens is 76.1 g/mol. The molecule has 6 heavy (non-hydrogen) atoms. The van der Waals surface area contributed by atoms with Crippen molar-refractivity contribution >= 4 is 6.72 Å². The molecule has 2 N–H and O–H groups in total. The number of nitrogens with zero attached hydrogens (tertiary/aromatic N) is 1. The predicted octanol–water partition coefficient (Wildman–Crippen LogP) is -0.213. The van der Waals surface area contributed by atoms with Crippen LogP contribution in [-0.2, 0) is 0 Å². The molecule has 2 nitrogen and oxygen atoms in total. The summed E-state index contributed by atoms with van der Waals surface area (Å²) >= 11 is 0. The molecular formula is C4H8N2. The zero-order valence-corrected chi connectivity index (χ0v) is 3.59. The molecule has 0 heterocycles. The fourth-order valence-electron chi connectivity index (χ4n) is 0.410. The SMILES string of the molecule is C=NC1CC1N. The van der Waals surface area contributed by atoms with Gasteiger partial charge in [0.1, 0.15) is 0 Å². The molecule has 0 saturated heterocycles. The Morgan fingerprint density at radius 2 is 2.33 bits per heavy atom. The Hall–Kier alpha value is -0.370. The molecule has 2 heteroatoms. The highest BCUT2D eigenvalue weighted by Gasteiger charge is 2.31. The van der Waals surface area contributed by atoms with Crippen molar-refractivity contribution < 1.29 is 0 Å². The summed E-state index contributed by atoms with van der Waals surface area (Å²) in [4.78, 5) is 3.71. The summed E-state index contributed by atoms with van der Waals surface area (Å²) in [6.45, 7) is 3.34. The first-order chi connectivity index (χ1) is 2.84. The van der Waals surface area contributed by atoms with Crippen LogP contribution in [0.15, 0.2) is 4.99 Å². The molecule has 0 aromatic rings. The minimum Gasteiger partial charge on any atom is -0.326 e. The van der Waals surface area contributed by atoms with Crippen LogP contribution in [0.25, 0.3) is 0 Å². The van der Waals surface area contributed by atoms with Crippen molar-refractivity contribution in [2.24, 2.45) is 10.7 Å². The summed E-state index contributed by atoms with van der Waals surface area (Å²) < 4.78 is 0. The maximum Gasteiger partial charge on any atom is 0.0659 e. The topological polar surface area (TPSA) is 38.4 Å². The maximum absolute atomic E-state index is 5.34. The second-order valence-electron chi connectivity index (χ2n) is 1.65. The van der Waals surface area contributed by atoms with Crippen LogP contribution in [-0.4, -0.2) is 18.8 Å². The van der Waals surface area contributed by atoms with Crippen LogP contribution < -0.4 is 5.73 Å². The Morgan fingerprint density at radius 1 is 1.83 bits per heavy atom. The largest absolute Gasteiger partial charge is 0.326 e. The highest BCUT2D eigenvalue weighted by Crippen LogP contribution is 2.20. The molecule has 1 aliphatic carbocycles. The zero-order chi connectivity index (χ0) is 4.57. The summed E-state index contributed by atoms with van der Waals surface area (Å²) in [6, 6.07) is 0.729. The highest BCUT2D eigenvalue weighted by atomic mass is 14.9. The number of rotatable bonds is 1. The van der Waals surface area contributed by atoms with Crippen LogP contribution >= 0.6 is 0 Å². The molecule has 0 aromatic carbocycles. The van der Waals surface area contributed by atoms with E-state index in [1.54, 1.807) is 0 Å². The number of hydrogen-bond donors (Lipinski definition) is 1. The van der Waals surface area contributed by atoms with Gasteiger partial charge in [-0.05, 0) is 13.1 Å². The summed E-state index contributed by atoms with van der Waals surface area (Å²) in [5, 5.41) is 0. The van der Waals surface area contributed by atoms with Crippen LogP contribution in [0.3, 0.4) is 0 Å². The number of hydrogen-bond acceptors (Lipinski definition) is 2. The molecule has 0 aliphatic heterocycles. The lowest BCUT2D eigenvalue weighted by atomic mass is 10.7. The van der Waals surface area contributed by atoms with E-state index in [-0.39, 0.29) is 0 Å². The highest BCUT2D eigenvalue weighted by molar-refractivity contribution is 5.26. The molecule has 0 radical (unpaired) electrons. The van der Waals surface area contributed by atoms with Crippen molar-refractivity contribution in [3.8, 4) is 0 Å². The van der Waals surface area contributed by atoms with Crippen LogP contribution in [0.5, 0.6) is 0 Å². The summed E-state index contributed by atoms with van der Waals surface area (Å²) in [5.74, 6) is 0.